The van der Waals surface area contributed by atoms with Gasteiger partial charge >= 0.3 is 0 Å². The van der Waals surface area contributed by atoms with E-state index in [-0.39, 0.29) is 28.7 Å². The summed E-state index contributed by atoms with van der Waals surface area (Å²) >= 11 is 0. The number of benzene rings is 2. The van der Waals surface area contributed by atoms with Crippen molar-refractivity contribution in [2.75, 3.05) is 19.6 Å². The Bertz CT molecular complexity index is 975. The number of hydrogen-bond acceptors (Lipinski definition) is 4. The quantitative estimate of drug-likeness (QED) is 0.540. The van der Waals surface area contributed by atoms with Gasteiger partial charge in [0.2, 0.25) is 15.9 Å². The summed E-state index contributed by atoms with van der Waals surface area (Å²) in [4.78, 5) is 13.2. The van der Waals surface area contributed by atoms with E-state index in [0.717, 1.165) is 12.0 Å². The van der Waals surface area contributed by atoms with Crippen LogP contribution in [0, 0.1) is 18.8 Å². The molecule has 1 fully saturated rings. The number of aryl methyl sites for hydroxylation is 1. The van der Waals surface area contributed by atoms with Crippen molar-refractivity contribution in [3.05, 3.63) is 65.7 Å². The van der Waals surface area contributed by atoms with E-state index in [1.165, 1.54) is 5.56 Å². The highest BCUT2D eigenvalue weighted by Crippen LogP contribution is 2.23. The molecule has 6 nitrogen and oxygen atoms in total. The highest BCUT2D eigenvalue weighted by atomic mass is 32.2. The standard InChI is InChI=1S/C25H35N3O3S/c1-18(2)13-21(20-7-5-4-6-8-20)16-27-25(29)22-14-23(17-26-15-22)28-32(30,31)24-11-9-19(3)10-12-24/h4-12,18,21-23,26,28H,13-17H2,1-3H3,(H,27,29)/t21?,22-,23+/m0/s1. The summed E-state index contributed by atoms with van der Waals surface area (Å²) < 4.78 is 28.2. The molecule has 32 heavy (non-hydrogen) atoms. The van der Waals surface area contributed by atoms with Gasteiger partial charge in [0, 0.05) is 31.6 Å². The molecule has 1 saturated heterocycles. The Morgan fingerprint density at radius 3 is 2.41 bits per heavy atom. The molecule has 1 aliphatic rings. The molecule has 0 aromatic heterocycles. The molecule has 7 heteroatoms. The maximum atomic E-state index is 12.9. The van der Waals surface area contributed by atoms with Gasteiger partial charge in [0.15, 0.2) is 0 Å². The fourth-order valence-corrected chi connectivity index (χ4v) is 5.48. The average Bonchev–Trinajstić information content (AvgIpc) is 2.77. The zero-order valence-corrected chi connectivity index (χ0v) is 20.0. The first kappa shape index (κ1) is 24.4. The van der Waals surface area contributed by atoms with Crippen LogP contribution in [0.2, 0.25) is 0 Å². The molecule has 174 valence electrons. The Labute approximate surface area is 192 Å². The minimum atomic E-state index is -3.62. The van der Waals surface area contributed by atoms with E-state index in [2.05, 4.69) is 41.3 Å². The van der Waals surface area contributed by atoms with Crippen molar-refractivity contribution in [2.45, 2.75) is 50.5 Å². The smallest absolute Gasteiger partial charge is 0.240 e. The van der Waals surface area contributed by atoms with Crippen LogP contribution < -0.4 is 15.4 Å². The number of amides is 1. The molecule has 3 N–H and O–H groups in total. The van der Waals surface area contributed by atoms with Gasteiger partial charge in [-0.25, -0.2) is 13.1 Å². The molecule has 1 aliphatic heterocycles. The van der Waals surface area contributed by atoms with Gasteiger partial charge in [-0.15, -0.1) is 0 Å². The number of nitrogens with one attached hydrogen (secondary N) is 3. The Morgan fingerprint density at radius 1 is 1.06 bits per heavy atom. The third kappa shape index (κ3) is 6.89. The average molecular weight is 458 g/mol. The third-order valence-electron chi connectivity index (χ3n) is 5.92. The summed E-state index contributed by atoms with van der Waals surface area (Å²) in [6.07, 6.45) is 1.47. The zero-order chi connectivity index (χ0) is 23.1. The molecule has 0 bridgehead atoms. The van der Waals surface area contributed by atoms with Crippen molar-refractivity contribution >= 4 is 15.9 Å². The summed E-state index contributed by atoms with van der Waals surface area (Å²) in [5, 5.41) is 6.33. The van der Waals surface area contributed by atoms with Crippen LogP contribution in [0.1, 0.15) is 43.7 Å². The highest BCUT2D eigenvalue weighted by Gasteiger charge is 2.30. The Hall–Kier alpha value is -2.22. The predicted molar refractivity (Wildman–Crippen MR) is 128 cm³/mol. The summed E-state index contributed by atoms with van der Waals surface area (Å²) in [7, 11) is -3.62. The third-order valence-corrected chi connectivity index (χ3v) is 7.46. The fraction of sp³-hybridized carbons (Fsp3) is 0.480. The van der Waals surface area contributed by atoms with Crippen LogP contribution in [-0.2, 0) is 14.8 Å². The van der Waals surface area contributed by atoms with Gasteiger partial charge in [0.1, 0.15) is 0 Å². The molecular weight excluding hydrogens is 422 g/mol. The number of carbonyl (C=O) groups is 1. The number of carbonyl (C=O) groups excluding carboxylic acids is 1. The van der Waals surface area contributed by atoms with Crippen molar-refractivity contribution in [3.8, 4) is 0 Å². The summed E-state index contributed by atoms with van der Waals surface area (Å²) in [6, 6.07) is 16.7. The first-order chi connectivity index (χ1) is 15.2. The summed E-state index contributed by atoms with van der Waals surface area (Å²) in [5.41, 5.74) is 2.23. The largest absolute Gasteiger partial charge is 0.355 e. The number of sulfonamides is 1. The lowest BCUT2D eigenvalue weighted by Gasteiger charge is -2.30. The van der Waals surface area contributed by atoms with E-state index < -0.39 is 10.0 Å². The Balaban J connectivity index is 1.58. The van der Waals surface area contributed by atoms with Gasteiger partial charge in [-0.3, -0.25) is 4.79 Å². The maximum Gasteiger partial charge on any atom is 0.240 e. The van der Waals surface area contributed by atoms with Gasteiger partial charge in [0.25, 0.3) is 0 Å². The predicted octanol–water partition coefficient (Wildman–Crippen LogP) is 3.20. The molecule has 0 radical (unpaired) electrons. The first-order valence-corrected chi connectivity index (χ1v) is 12.9. The number of hydrogen-bond donors (Lipinski definition) is 3. The van der Waals surface area contributed by atoms with Crippen LogP contribution in [0.5, 0.6) is 0 Å². The molecule has 3 atom stereocenters. The molecule has 2 aromatic carbocycles. The van der Waals surface area contributed by atoms with Crippen LogP contribution in [0.4, 0.5) is 0 Å². The van der Waals surface area contributed by atoms with Gasteiger partial charge in [-0.2, -0.15) is 0 Å². The van der Waals surface area contributed by atoms with E-state index in [4.69, 9.17) is 0 Å². The monoisotopic (exact) mass is 457 g/mol. The van der Waals surface area contributed by atoms with Crippen molar-refractivity contribution in [2.24, 2.45) is 11.8 Å². The second-order valence-electron chi connectivity index (χ2n) is 9.20. The molecule has 1 amide bonds. The van der Waals surface area contributed by atoms with E-state index >= 15 is 0 Å². The summed E-state index contributed by atoms with van der Waals surface area (Å²) in [5.74, 6) is 0.480. The second kappa shape index (κ2) is 11.1. The van der Waals surface area contributed by atoms with Gasteiger partial charge in [0.05, 0.1) is 10.8 Å². The van der Waals surface area contributed by atoms with Crippen LogP contribution in [0.25, 0.3) is 0 Å². The van der Waals surface area contributed by atoms with Crippen LogP contribution in [0.3, 0.4) is 0 Å². The topological polar surface area (TPSA) is 87.3 Å². The van der Waals surface area contributed by atoms with E-state index in [0.29, 0.717) is 32.0 Å². The maximum absolute atomic E-state index is 12.9. The molecule has 1 unspecified atom stereocenters. The lowest BCUT2D eigenvalue weighted by molar-refractivity contribution is -0.125. The zero-order valence-electron chi connectivity index (χ0n) is 19.2. The number of rotatable bonds is 9. The van der Waals surface area contributed by atoms with Gasteiger partial charge < -0.3 is 10.6 Å². The molecule has 0 aliphatic carbocycles. The molecule has 0 saturated carbocycles. The highest BCUT2D eigenvalue weighted by molar-refractivity contribution is 7.89. The van der Waals surface area contributed by atoms with Gasteiger partial charge in [-0.05, 0) is 43.4 Å². The van der Waals surface area contributed by atoms with Crippen LogP contribution in [-0.4, -0.2) is 40.0 Å². The Morgan fingerprint density at radius 2 is 1.75 bits per heavy atom. The normalized spacial score (nSPS) is 20.1. The summed E-state index contributed by atoms with van der Waals surface area (Å²) in [6.45, 7) is 7.93. The van der Waals surface area contributed by atoms with Crippen molar-refractivity contribution < 1.29 is 13.2 Å². The molecule has 0 spiro atoms. The second-order valence-corrected chi connectivity index (χ2v) is 10.9. The number of piperidine rings is 1. The van der Waals surface area contributed by atoms with Crippen molar-refractivity contribution in [1.29, 1.82) is 0 Å². The van der Waals surface area contributed by atoms with E-state index in [1.807, 2.05) is 25.1 Å². The molecule has 1 heterocycles. The minimum absolute atomic E-state index is 0.0265. The lowest BCUT2D eigenvalue weighted by atomic mass is 9.89. The first-order valence-electron chi connectivity index (χ1n) is 11.4. The Kier molecular flexibility index (Phi) is 8.45. The SMILES string of the molecule is Cc1ccc(S(=O)(=O)N[C@H]2CNC[C@@H](C(=O)NCC(CC(C)C)c3ccccc3)C2)cc1. The van der Waals surface area contributed by atoms with Crippen LogP contribution >= 0.6 is 0 Å². The van der Waals surface area contributed by atoms with E-state index in [1.54, 1.807) is 24.3 Å². The minimum Gasteiger partial charge on any atom is -0.355 e. The molecular formula is C25H35N3O3S. The molecule has 2 aromatic rings. The van der Waals surface area contributed by atoms with Crippen LogP contribution in [0.15, 0.2) is 59.5 Å². The van der Waals surface area contributed by atoms with E-state index in [9.17, 15) is 13.2 Å². The van der Waals surface area contributed by atoms with Crippen molar-refractivity contribution in [3.63, 3.8) is 0 Å². The fourth-order valence-electron chi connectivity index (χ4n) is 4.24. The van der Waals surface area contributed by atoms with Gasteiger partial charge in [-0.1, -0.05) is 61.9 Å². The lowest BCUT2D eigenvalue weighted by Crippen LogP contribution is -2.52. The molecule has 3 rings (SSSR count). The van der Waals surface area contributed by atoms with Crippen molar-refractivity contribution in [1.82, 2.24) is 15.4 Å².